The van der Waals surface area contributed by atoms with Crippen molar-refractivity contribution in [2.45, 2.75) is 32.2 Å². The van der Waals surface area contributed by atoms with Gasteiger partial charge in [0.05, 0.1) is 5.75 Å². The second-order valence-electron chi connectivity index (χ2n) is 4.95. The fourth-order valence-electron chi connectivity index (χ4n) is 1.79. The lowest BCUT2D eigenvalue weighted by molar-refractivity contribution is 0.591. The van der Waals surface area contributed by atoms with E-state index < -0.39 is 9.84 Å². The molecule has 1 unspecified atom stereocenters. The minimum atomic E-state index is -2.99. The minimum absolute atomic E-state index is 0.0406. The van der Waals surface area contributed by atoms with Gasteiger partial charge in [0, 0.05) is 12.3 Å². The van der Waals surface area contributed by atoms with Crippen LogP contribution in [0.4, 0.5) is 0 Å². The Bertz CT molecular complexity index is 449. The van der Waals surface area contributed by atoms with E-state index in [0.717, 1.165) is 5.56 Å². The molecule has 4 heteroatoms. The highest BCUT2D eigenvalue weighted by molar-refractivity contribution is 7.90. The molecule has 0 fully saturated rings. The van der Waals surface area contributed by atoms with E-state index >= 15 is 0 Å². The highest BCUT2D eigenvalue weighted by Crippen LogP contribution is 2.15. The summed E-state index contributed by atoms with van der Waals surface area (Å²) < 4.78 is 22.2. The average molecular weight is 255 g/mol. The lowest BCUT2D eigenvalue weighted by Gasteiger charge is -2.11. The van der Waals surface area contributed by atoms with Crippen LogP contribution in [0.2, 0.25) is 0 Å². The van der Waals surface area contributed by atoms with Gasteiger partial charge in [0.15, 0.2) is 0 Å². The highest BCUT2D eigenvalue weighted by atomic mass is 32.2. The van der Waals surface area contributed by atoms with Crippen LogP contribution in [0.5, 0.6) is 0 Å². The van der Waals surface area contributed by atoms with Gasteiger partial charge in [0.1, 0.15) is 9.84 Å². The first-order valence-electron chi connectivity index (χ1n) is 5.80. The van der Waals surface area contributed by atoms with Crippen LogP contribution in [0.3, 0.4) is 0 Å². The molecule has 0 aliphatic rings. The van der Waals surface area contributed by atoms with E-state index in [1.54, 1.807) is 0 Å². The second-order valence-corrected chi connectivity index (χ2v) is 7.14. The van der Waals surface area contributed by atoms with Gasteiger partial charge in [-0.25, -0.2) is 8.42 Å². The predicted molar refractivity (Wildman–Crippen MR) is 71.9 cm³/mol. The molecule has 1 atom stereocenters. The Hall–Kier alpha value is -0.870. The van der Waals surface area contributed by atoms with Gasteiger partial charge in [-0.3, -0.25) is 0 Å². The number of sulfone groups is 1. The second kappa shape index (κ2) is 5.65. The van der Waals surface area contributed by atoms with Crippen LogP contribution in [-0.4, -0.2) is 26.5 Å². The van der Waals surface area contributed by atoms with Crippen molar-refractivity contribution in [1.82, 2.24) is 0 Å². The first-order valence-corrected chi connectivity index (χ1v) is 7.86. The van der Waals surface area contributed by atoms with Crippen molar-refractivity contribution in [2.75, 3.05) is 12.0 Å². The Labute approximate surface area is 104 Å². The molecule has 0 bridgehead atoms. The summed E-state index contributed by atoms with van der Waals surface area (Å²) in [5, 5.41) is 0. The summed E-state index contributed by atoms with van der Waals surface area (Å²) in [5.41, 5.74) is 8.18. The van der Waals surface area contributed by atoms with Gasteiger partial charge in [-0.15, -0.1) is 0 Å². The third-order valence-electron chi connectivity index (χ3n) is 2.66. The zero-order valence-corrected chi connectivity index (χ0v) is 11.5. The van der Waals surface area contributed by atoms with Gasteiger partial charge in [0.2, 0.25) is 0 Å². The molecule has 0 saturated carbocycles. The van der Waals surface area contributed by atoms with E-state index in [0.29, 0.717) is 12.3 Å². The smallest absolute Gasteiger partial charge is 0.148 e. The number of hydrogen-bond donors (Lipinski definition) is 1. The van der Waals surface area contributed by atoms with Crippen molar-refractivity contribution in [3.63, 3.8) is 0 Å². The Morgan fingerprint density at radius 1 is 1.18 bits per heavy atom. The van der Waals surface area contributed by atoms with Crippen molar-refractivity contribution in [3.8, 4) is 0 Å². The number of nitrogens with two attached hydrogens (primary N) is 1. The summed E-state index contributed by atoms with van der Waals surface area (Å²) >= 11 is 0. The van der Waals surface area contributed by atoms with E-state index in [4.69, 9.17) is 5.73 Å². The maximum absolute atomic E-state index is 11.1. The standard InChI is InChI=1S/C13H21NO2S/c1-10(2)12-6-4-11(5-7-12)8-13(14)9-17(3,15)16/h4-7,10,13H,8-9,14H2,1-3H3. The molecule has 17 heavy (non-hydrogen) atoms. The van der Waals surface area contributed by atoms with Crippen LogP contribution in [0.25, 0.3) is 0 Å². The SMILES string of the molecule is CC(C)c1ccc(CC(N)CS(C)(=O)=O)cc1. The van der Waals surface area contributed by atoms with Crippen LogP contribution in [-0.2, 0) is 16.3 Å². The Morgan fingerprint density at radius 2 is 1.71 bits per heavy atom. The minimum Gasteiger partial charge on any atom is -0.326 e. The maximum Gasteiger partial charge on any atom is 0.148 e. The lowest BCUT2D eigenvalue weighted by atomic mass is 10.00. The molecule has 0 aliphatic carbocycles. The molecule has 2 N–H and O–H groups in total. The third-order valence-corrected chi connectivity index (χ3v) is 3.69. The van der Waals surface area contributed by atoms with Crippen molar-refractivity contribution < 1.29 is 8.42 Å². The predicted octanol–water partition coefficient (Wildman–Crippen LogP) is 1.72. The van der Waals surface area contributed by atoms with E-state index in [9.17, 15) is 8.42 Å². The van der Waals surface area contributed by atoms with Crippen molar-refractivity contribution in [2.24, 2.45) is 5.73 Å². The lowest BCUT2D eigenvalue weighted by Crippen LogP contribution is -2.31. The molecule has 0 radical (unpaired) electrons. The van der Waals surface area contributed by atoms with Crippen LogP contribution in [0, 0.1) is 0 Å². The van der Waals surface area contributed by atoms with Crippen molar-refractivity contribution in [3.05, 3.63) is 35.4 Å². The van der Waals surface area contributed by atoms with E-state index in [1.807, 2.05) is 12.1 Å². The number of hydrogen-bond acceptors (Lipinski definition) is 3. The fourth-order valence-corrected chi connectivity index (χ4v) is 2.68. The molecule has 1 aromatic carbocycles. The normalized spacial score (nSPS) is 13.9. The Morgan fingerprint density at radius 3 is 2.12 bits per heavy atom. The first-order chi connectivity index (χ1) is 7.78. The molecule has 0 heterocycles. The summed E-state index contributed by atoms with van der Waals surface area (Å²) in [6.07, 6.45) is 1.82. The molecular weight excluding hydrogens is 234 g/mol. The van der Waals surface area contributed by atoms with Crippen LogP contribution in [0.1, 0.15) is 30.9 Å². The zero-order valence-electron chi connectivity index (χ0n) is 10.7. The molecule has 0 amide bonds. The number of rotatable bonds is 5. The average Bonchev–Trinajstić information content (AvgIpc) is 2.15. The number of benzene rings is 1. The summed E-state index contributed by atoms with van der Waals surface area (Å²) in [7, 11) is -2.99. The molecule has 0 saturated heterocycles. The monoisotopic (exact) mass is 255 g/mol. The maximum atomic E-state index is 11.1. The molecule has 0 aromatic heterocycles. The van der Waals surface area contributed by atoms with Crippen LogP contribution >= 0.6 is 0 Å². The topological polar surface area (TPSA) is 60.2 Å². The van der Waals surface area contributed by atoms with Crippen LogP contribution in [0.15, 0.2) is 24.3 Å². The summed E-state index contributed by atoms with van der Waals surface area (Å²) in [6.45, 7) is 4.29. The van der Waals surface area contributed by atoms with Gasteiger partial charge < -0.3 is 5.73 Å². The summed E-state index contributed by atoms with van der Waals surface area (Å²) in [5.74, 6) is 0.549. The zero-order chi connectivity index (χ0) is 13.1. The van der Waals surface area contributed by atoms with E-state index in [-0.39, 0.29) is 11.8 Å². The third kappa shape index (κ3) is 5.33. The van der Waals surface area contributed by atoms with E-state index in [1.165, 1.54) is 11.8 Å². The van der Waals surface area contributed by atoms with Crippen LogP contribution < -0.4 is 5.73 Å². The van der Waals surface area contributed by atoms with Crippen molar-refractivity contribution in [1.29, 1.82) is 0 Å². The quantitative estimate of drug-likeness (QED) is 0.871. The van der Waals surface area contributed by atoms with Crippen molar-refractivity contribution >= 4 is 9.84 Å². The molecule has 0 spiro atoms. The van der Waals surface area contributed by atoms with Gasteiger partial charge in [-0.1, -0.05) is 38.1 Å². The molecular formula is C13H21NO2S. The Balaban J connectivity index is 2.63. The summed E-state index contributed by atoms with van der Waals surface area (Å²) in [6, 6.07) is 7.88. The fraction of sp³-hybridized carbons (Fsp3) is 0.538. The Kier molecular flexibility index (Phi) is 4.71. The molecule has 96 valence electrons. The highest BCUT2D eigenvalue weighted by Gasteiger charge is 2.11. The van der Waals surface area contributed by atoms with Gasteiger partial charge in [-0.05, 0) is 23.5 Å². The molecule has 1 aromatic rings. The largest absolute Gasteiger partial charge is 0.326 e. The van der Waals surface area contributed by atoms with E-state index in [2.05, 4.69) is 26.0 Å². The van der Waals surface area contributed by atoms with Gasteiger partial charge in [0.25, 0.3) is 0 Å². The molecule has 1 rings (SSSR count). The summed E-state index contributed by atoms with van der Waals surface area (Å²) in [4.78, 5) is 0. The molecule has 0 aliphatic heterocycles. The van der Waals surface area contributed by atoms with Gasteiger partial charge in [-0.2, -0.15) is 0 Å². The molecule has 3 nitrogen and oxygen atoms in total. The van der Waals surface area contributed by atoms with Gasteiger partial charge >= 0.3 is 0 Å². The first kappa shape index (κ1) is 14.2.